The molecule has 0 atom stereocenters. The predicted molar refractivity (Wildman–Crippen MR) is 112 cm³/mol. The number of aryl methyl sites for hydroxylation is 2. The molecule has 0 fully saturated rings. The number of hydrogen-bond donors (Lipinski definition) is 0. The molecule has 10 heteroatoms. The van der Waals surface area contributed by atoms with Gasteiger partial charge >= 0.3 is 0 Å². The Morgan fingerprint density at radius 1 is 1.17 bits per heavy atom. The van der Waals surface area contributed by atoms with Crippen LogP contribution in [-0.4, -0.2) is 39.3 Å². The lowest BCUT2D eigenvalue weighted by Gasteiger charge is -2.03. The minimum Gasteiger partial charge on any atom is -0.334 e. The van der Waals surface area contributed by atoms with E-state index in [-0.39, 0.29) is 0 Å². The van der Waals surface area contributed by atoms with Crippen LogP contribution in [0.25, 0.3) is 50.2 Å². The van der Waals surface area contributed by atoms with Crippen molar-refractivity contribution in [3.63, 3.8) is 0 Å². The maximum atomic E-state index is 5.69. The van der Waals surface area contributed by atoms with Crippen LogP contribution in [0.5, 0.6) is 0 Å². The van der Waals surface area contributed by atoms with E-state index in [1.807, 2.05) is 48.1 Å². The molecule has 0 radical (unpaired) electrons. The third kappa shape index (κ3) is 2.47. The van der Waals surface area contributed by atoms with Gasteiger partial charge in [0.05, 0.1) is 39.6 Å². The van der Waals surface area contributed by atoms with Gasteiger partial charge in [-0.1, -0.05) is 11.2 Å². The number of hydrogen-bond acceptors (Lipinski definition) is 8. The Morgan fingerprint density at radius 2 is 2.10 bits per heavy atom. The molecule has 0 N–H and O–H groups in total. The number of fused-ring (bicyclic) bond motifs is 2. The topological polar surface area (TPSA) is 99.8 Å². The highest BCUT2D eigenvalue weighted by atomic mass is 32.1. The maximum absolute atomic E-state index is 5.69. The molecule has 9 nitrogen and oxygen atoms in total. The first-order valence-electron chi connectivity index (χ1n) is 9.19. The maximum Gasteiger partial charge on any atom is 0.259 e. The molecule has 0 spiro atoms. The van der Waals surface area contributed by atoms with Crippen LogP contribution in [0.2, 0.25) is 0 Å². The minimum absolute atomic E-state index is 0.412. The first-order chi connectivity index (χ1) is 14.7. The van der Waals surface area contributed by atoms with Gasteiger partial charge < -0.3 is 4.52 Å². The van der Waals surface area contributed by atoms with Gasteiger partial charge in [-0.2, -0.15) is 10.1 Å². The first kappa shape index (κ1) is 17.0. The Bertz CT molecular complexity index is 1530. The molecule has 0 saturated heterocycles. The molecule has 0 aliphatic rings. The monoisotopic (exact) mass is 414 g/mol. The van der Waals surface area contributed by atoms with E-state index in [0.29, 0.717) is 17.4 Å². The van der Waals surface area contributed by atoms with E-state index in [1.54, 1.807) is 34.6 Å². The normalized spacial score (nSPS) is 11.7. The molecule has 30 heavy (non-hydrogen) atoms. The van der Waals surface area contributed by atoms with E-state index in [4.69, 9.17) is 9.51 Å². The highest BCUT2D eigenvalue weighted by molar-refractivity contribution is 7.13. The van der Waals surface area contributed by atoms with Crippen molar-refractivity contribution >= 4 is 28.0 Å². The number of imidazole rings is 1. The fourth-order valence-corrected chi connectivity index (χ4v) is 4.29. The lowest BCUT2D eigenvalue weighted by atomic mass is 10.1. The molecule has 6 heterocycles. The first-order valence-corrected chi connectivity index (χ1v) is 10.1. The summed E-state index contributed by atoms with van der Waals surface area (Å²) in [6.45, 7) is 1.95. The largest absolute Gasteiger partial charge is 0.334 e. The van der Waals surface area contributed by atoms with Crippen LogP contribution in [0.1, 0.15) is 5.69 Å². The molecule has 6 aromatic rings. The molecule has 0 aliphatic carbocycles. The van der Waals surface area contributed by atoms with Gasteiger partial charge in [0.1, 0.15) is 5.69 Å². The lowest BCUT2D eigenvalue weighted by molar-refractivity contribution is 0.432. The van der Waals surface area contributed by atoms with E-state index in [9.17, 15) is 0 Å². The quantitative estimate of drug-likeness (QED) is 0.435. The van der Waals surface area contributed by atoms with Crippen LogP contribution in [-0.2, 0) is 7.05 Å². The van der Waals surface area contributed by atoms with E-state index in [2.05, 4.69) is 25.2 Å². The Kier molecular flexibility index (Phi) is 3.56. The molecule has 6 aromatic heterocycles. The zero-order valence-electron chi connectivity index (χ0n) is 16.0. The smallest absolute Gasteiger partial charge is 0.259 e. The predicted octanol–water partition coefficient (Wildman–Crippen LogP) is 3.76. The average Bonchev–Trinajstić information content (AvgIpc) is 3.55. The van der Waals surface area contributed by atoms with Crippen LogP contribution in [0.3, 0.4) is 0 Å². The van der Waals surface area contributed by atoms with Crippen molar-refractivity contribution in [3.8, 4) is 33.5 Å². The second kappa shape index (κ2) is 6.29. The van der Waals surface area contributed by atoms with Crippen molar-refractivity contribution in [1.82, 2.24) is 39.3 Å². The molecule has 6 rings (SSSR count). The second-order valence-electron chi connectivity index (χ2n) is 6.81. The SMILES string of the molecule is Cc1nn(C)c2nc(-c3cccs3)cc(-c3nc(-c4cnc5cnccn45)no3)c12. The molecule has 0 amide bonds. The van der Waals surface area contributed by atoms with Crippen molar-refractivity contribution in [3.05, 3.63) is 54.1 Å². The fourth-order valence-electron chi connectivity index (χ4n) is 3.61. The van der Waals surface area contributed by atoms with Gasteiger partial charge in [0.15, 0.2) is 11.3 Å². The molecule has 146 valence electrons. The molecule has 0 aromatic carbocycles. The zero-order valence-corrected chi connectivity index (χ0v) is 16.8. The third-order valence-electron chi connectivity index (χ3n) is 4.95. The summed E-state index contributed by atoms with van der Waals surface area (Å²) in [6.07, 6.45) is 6.90. The lowest BCUT2D eigenvalue weighted by Crippen LogP contribution is -1.94. The summed E-state index contributed by atoms with van der Waals surface area (Å²) in [5, 5.41) is 11.7. The van der Waals surface area contributed by atoms with Gasteiger partial charge in [-0.25, -0.2) is 9.97 Å². The van der Waals surface area contributed by atoms with E-state index in [1.165, 1.54) is 0 Å². The Labute approximate surface area is 173 Å². The van der Waals surface area contributed by atoms with Gasteiger partial charge in [0.25, 0.3) is 5.89 Å². The summed E-state index contributed by atoms with van der Waals surface area (Å²) in [5.74, 6) is 0.864. The molecular weight excluding hydrogens is 400 g/mol. The molecule has 0 aliphatic heterocycles. The second-order valence-corrected chi connectivity index (χ2v) is 7.76. The summed E-state index contributed by atoms with van der Waals surface area (Å²) >= 11 is 1.63. The highest BCUT2D eigenvalue weighted by Gasteiger charge is 2.21. The Morgan fingerprint density at radius 3 is 2.97 bits per heavy atom. The van der Waals surface area contributed by atoms with Crippen molar-refractivity contribution in [2.75, 3.05) is 0 Å². The number of nitrogens with zero attached hydrogens (tertiary/aromatic N) is 8. The van der Waals surface area contributed by atoms with Gasteiger partial charge in [0.2, 0.25) is 5.82 Å². The zero-order chi connectivity index (χ0) is 20.2. The van der Waals surface area contributed by atoms with Crippen LogP contribution >= 0.6 is 11.3 Å². The van der Waals surface area contributed by atoms with Gasteiger partial charge in [-0.15, -0.1) is 11.3 Å². The summed E-state index contributed by atoms with van der Waals surface area (Å²) < 4.78 is 9.34. The summed E-state index contributed by atoms with van der Waals surface area (Å²) in [7, 11) is 1.88. The van der Waals surface area contributed by atoms with Crippen LogP contribution < -0.4 is 0 Å². The fraction of sp³-hybridized carbons (Fsp3) is 0.100. The van der Waals surface area contributed by atoms with E-state index < -0.39 is 0 Å². The summed E-state index contributed by atoms with van der Waals surface area (Å²) in [6, 6.07) is 6.03. The summed E-state index contributed by atoms with van der Waals surface area (Å²) in [5.41, 5.74) is 4.73. The van der Waals surface area contributed by atoms with Crippen molar-refractivity contribution in [1.29, 1.82) is 0 Å². The Hall–Kier alpha value is -3.92. The number of pyridine rings is 1. The standard InChI is InChI=1S/C20H14N8OS/c1-11-17-12(8-13(15-4-3-7-30-15)23-19(17)27(2)25-11)20-24-18(26-29-20)14-9-22-16-10-21-5-6-28(14)16/h3-10H,1-2H3. The third-order valence-corrected chi connectivity index (χ3v) is 5.84. The number of thiophene rings is 1. The van der Waals surface area contributed by atoms with Gasteiger partial charge in [-0.05, 0) is 24.4 Å². The van der Waals surface area contributed by atoms with E-state index in [0.717, 1.165) is 38.6 Å². The van der Waals surface area contributed by atoms with Crippen LogP contribution in [0.4, 0.5) is 0 Å². The molecular formula is C20H14N8OS. The van der Waals surface area contributed by atoms with Gasteiger partial charge in [-0.3, -0.25) is 14.1 Å². The van der Waals surface area contributed by atoms with Crippen molar-refractivity contribution < 1.29 is 4.52 Å². The molecule has 0 saturated carbocycles. The van der Waals surface area contributed by atoms with Crippen LogP contribution in [0.15, 0.2) is 52.9 Å². The Balaban J connectivity index is 1.57. The summed E-state index contributed by atoms with van der Waals surface area (Å²) in [4.78, 5) is 19.0. The average molecular weight is 414 g/mol. The van der Waals surface area contributed by atoms with Crippen molar-refractivity contribution in [2.24, 2.45) is 7.05 Å². The van der Waals surface area contributed by atoms with Crippen molar-refractivity contribution in [2.45, 2.75) is 6.92 Å². The molecule has 0 bridgehead atoms. The molecule has 0 unspecified atom stereocenters. The minimum atomic E-state index is 0.412. The van der Waals surface area contributed by atoms with Gasteiger partial charge in [0, 0.05) is 19.4 Å². The van der Waals surface area contributed by atoms with Crippen LogP contribution in [0, 0.1) is 6.92 Å². The number of aromatic nitrogens is 8. The van der Waals surface area contributed by atoms with E-state index >= 15 is 0 Å². The number of rotatable bonds is 3. The highest BCUT2D eigenvalue weighted by Crippen LogP contribution is 2.35.